The highest BCUT2D eigenvalue weighted by atomic mass is 15.0. The zero-order valence-electron chi connectivity index (χ0n) is 12.8. The first-order valence-corrected chi connectivity index (χ1v) is 8.53. The second-order valence-electron chi connectivity index (χ2n) is 6.53. The van der Waals surface area contributed by atoms with E-state index in [-0.39, 0.29) is 0 Å². The van der Waals surface area contributed by atoms with Crippen molar-refractivity contribution in [3.8, 4) is 6.07 Å². The van der Waals surface area contributed by atoms with E-state index in [1.54, 1.807) is 0 Å². The van der Waals surface area contributed by atoms with Crippen LogP contribution < -0.4 is 5.32 Å². The molecule has 2 aliphatic rings. The highest BCUT2D eigenvalue weighted by Crippen LogP contribution is 2.27. The Kier molecular flexibility index (Phi) is 4.75. The minimum atomic E-state index is 0.722. The predicted octanol–water partition coefficient (Wildman–Crippen LogP) is 4.21. The Morgan fingerprint density at radius 1 is 1.14 bits per heavy atom. The van der Waals surface area contributed by atoms with Crippen molar-refractivity contribution in [2.75, 3.05) is 11.9 Å². The van der Waals surface area contributed by atoms with Gasteiger partial charge in [0.05, 0.1) is 5.56 Å². The third-order valence-electron chi connectivity index (χ3n) is 4.99. The van der Waals surface area contributed by atoms with Crippen LogP contribution in [0.15, 0.2) is 6.07 Å². The van der Waals surface area contributed by atoms with Crippen LogP contribution in [0.3, 0.4) is 0 Å². The maximum absolute atomic E-state index is 9.34. The van der Waals surface area contributed by atoms with Gasteiger partial charge in [0.1, 0.15) is 11.9 Å². The summed E-state index contributed by atoms with van der Waals surface area (Å²) in [6, 6.07) is 4.37. The van der Waals surface area contributed by atoms with E-state index in [4.69, 9.17) is 4.98 Å². The molecule has 0 unspecified atom stereocenters. The molecule has 1 heterocycles. The molecular formula is C18H25N3. The summed E-state index contributed by atoms with van der Waals surface area (Å²) in [5.41, 5.74) is 3.22. The van der Waals surface area contributed by atoms with Crippen LogP contribution in [-0.2, 0) is 12.8 Å². The fourth-order valence-electron chi connectivity index (χ4n) is 3.72. The quantitative estimate of drug-likeness (QED) is 0.900. The van der Waals surface area contributed by atoms with E-state index in [0.717, 1.165) is 36.7 Å². The molecule has 0 aromatic carbocycles. The topological polar surface area (TPSA) is 48.7 Å². The van der Waals surface area contributed by atoms with Gasteiger partial charge in [-0.15, -0.1) is 0 Å². The first kappa shape index (κ1) is 14.4. The fraction of sp³-hybridized carbons (Fsp3) is 0.667. The van der Waals surface area contributed by atoms with E-state index < -0.39 is 0 Å². The van der Waals surface area contributed by atoms with Crippen LogP contribution in [0.1, 0.15) is 68.2 Å². The summed E-state index contributed by atoms with van der Waals surface area (Å²) in [5, 5.41) is 12.8. The number of rotatable bonds is 4. The summed E-state index contributed by atoms with van der Waals surface area (Å²) < 4.78 is 0. The van der Waals surface area contributed by atoms with Crippen LogP contribution in [-0.4, -0.2) is 11.5 Å². The number of hydrogen-bond acceptors (Lipinski definition) is 3. The molecule has 1 fully saturated rings. The molecule has 0 aliphatic heterocycles. The molecule has 0 spiro atoms. The van der Waals surface area contributed by atoms with Gasteiger partial charge in [0.15, 0.2) is 0 Å². The number of hydrogen-bond donors (Lipinski definition) is 1. The van der Waals surface area contributed by atoms with Crippen molar-refractivity contribution < 1.29 is 0 Å². The van der Waals surface area contributed by atoms with E-state index in [1.165, 1.54) is 62.6 Å². The predicted molar refractivity (Wildman–Crippen MR) is 85.3 cm³/mol. The van der Waals surface area contributed by atoms with E-state index in [2.05, 4.69) is 17.5 Å². The number of fused-ring (bicyclic) bond motifs is 1. The van der Waals surface area contributed by atoms with E-state index in [0.29, 0.717) is 0 Å². The summed E-state index contributed by atoms with van der Waals surface area (Å²) in [7, 11) is 0. The molecule has 3 rings (SSSR count). The van der Waals surface area contributed by atoms with Crippen molar-refractivity contribution in [1.82, 2.24) is 4.98 Å². The lowest BCUT2D eigenvalue weighted by molar-refractivity contribution is 0.345. The number of pyridine rings is 1. The van der Waals surface area contributed by atoms with Gasteiger partial charge in [-0.25, -0.2) is 4.98 Å². The molecule has 1 N–H and O–H groups in total. The molecule has 0 amide bonds. The molecule has 0 atom stereocenters. The molecule has 112 valence electrons. The average molecular weight is 283 g/mol. The van der Waals surface area contributed by atoms with Gasteiger partial charge < -0.3 is 5.32 Å². The molecule has 3 nitrogen and oxygen atoms in total. The van der Waals surface area contributed by atoms with Crippen LogP contribution >= 0.6 is 0 Å². The molecule has 0 saturated heterocycles. The maximum Gasteiger partial charge on any atom is 0.144 e. The number of aryl methyl sites for hydroxylation is 2. The first-order chi connectivity index (χ1) is 10.4. The second-order valence-corrected chi connectivity index (χ2v) is 6.53. The minimum Gasteiger partial charge on any atom is -0.369 e. The van der Waals surface area contributed by atoms with Crippen LogP contribution in [0.5, 0.6) is 0 Å². The SMILES string of the molecule is N#Cc1cc2c(nc1NCCC1CCCCC1)CCCC2. The summed E-state index contributed by atoms with van der Waals surface area (Å²) in [4.78, 5) is 4.73. The normalized spacial score (nSPS) is 18.8. The maximum atomic E-state index is 9.34. The Morgan fingerprint density at radius 2 is 1.95 bits per heavy atom. The van der Waals surface area contributed by atoms with Crippen LogP contribution in [0.25, 0.3) is 0 Å². The van der Waals surface area contributed by atoms with Gasteiger partial charge in [-0.1, -0.05) is 32.1 Å². The zero-order chi connectivity index (χ0) is 14.5. The molecule has 2 aliphatic carbocycles. The third-order valence-corrected chi connectivity index (χ3v) is 4.99. The minimum absolute atomic E-state index is 0.722. The lowest BCUT2D eigenvalue weighted by Crippen LogP contribution is -2.15. The largest absolute Gasteiger partial charge is 0.369 e. The Labute approximate surface area is 127 Å². The summed E-state index contributed by atoms with van der Waals surface area (Å²) in [6.45, 7) is 0.950. The Balaban J connectivity index is 1.62. The van der Waals surface area contributed by atoms with Gasteiger partial charge in [0, 0.05) is 12.2 Å². The Morgan fingerprint density at radius 3 is 2.76 bits per heavy atom. The Bertz CT molecular complexity index is 524. The van der Waals surface area contributed by atoms with Gasteiger partial charge in [0.25, 0.3) is 0 Å². The summed E-state index contributed by atoms with van der Waals surface area (Å²) >= 11 is 0. The molecule has 0 bridgehead atoms. The van der Waals surface area contributed by atoms with Crippen LogP contribution in [0.4, 0.5) is 5.82 Å². The average Bonchev–Trinajstić information content (AvgIpc) is 2.55. The summed E-state index contributed by atoms with van der Waals surface area (Å²) in [6.07, 6.45) is 12.8. The molecule has 0 radical (unpaired) electrons. The molecule has 21 heavy (non-hydrogen) atoms. The van der Waals surface area contributed by atoms with Crippen molar-refractivity contribution in [2.45, 2.75) is 64.2 Å². The highest BCUT2D eigenvalue weighted by Gasteiger charge is 2.16. The molecule has 1 saturated carbocycles. The van der Waals surface area contributed by atoms with E-state index in [9.17, 15) is 5.26 Å². The lowest BCUT2D eigenvalue weighted by atomic mass is 9.87. The number of nitriles is 1. The fourth-order valence-corrected chi connectivity index (χ4v) is 3.72. The monoisotopic (exact) mass is 283 g/mol. The van der Waals surface area contributed by atoms with Gasteiger partial charge >= 0.3 is 0 Å². The van der Waals surface area contributed by atoms with E-state index >= 15 is 0 Å². The van der Waals surface area contributed by atoms with E-state index in [1.807, 2.05) is 0 Å². The third kappa shape index (κ3) is 3.56. The van der Waals surface area contributed by atoms with Crippen molar-refractivity contribution in [3.63, 3.8) is 0 Å². The molecule has 1 aromatic rings. The van der Waals surface area contributed by atoms with Crippen molar-refractivity contribution in [2.24, 2.45) is 5.92 Å². The number of anilines is 1. The van der Waals surface area contributed by atoms with Crippen molar-refractivity contribution >= 4 is 5.82 Å². The van der Waals surface area contributed by atoms with Crippen LogP contribution in [0, 0.1) is 17.2 Å². The summed E-state index contributed by atoms with van der Waals surface area (Å²) in [5.74, 6) is 1.68. The Hall–Kier alpha value is -1.56. The number of nitrogens with one attached hydrogen (secondary N) is 1. The van der Waals surface area contributed by atoms with Gasteiger partial charge in [0.2, 0.25) is 0 Å². The van der Waals surface area contributed by atoms with Crippen molar-refractivity contribution in [1.29, 1.82) is 5.26 Å². The smallest absolute Gasteiger partial charge is 0.144 e. The molecule has 3 heteroatoms. The van der Waals surface area contributed by atoms with Crippen molar-refractivity contribution in [3.05, 3.63) is 22.9 Å². The first-order valence-electron chi connectivity index (χ1n) is 8.53. The zero-order valence-corrected chi connectivity index (χ0v) is 12.8. The molecular weight excluding hydrogens is 258 g/mol. The lowest BCUT2D eigenvalue weighted by Gasteiger charge is -2.22. The van der Waals surface area contributed by atoms with Crippen LogP contribution in [0.2, 0.25) is 0 Å². The van der Waals surface area contributed by atoms with Gasteiger partial charge in [-0.05, 0) is 49.7 Å². The second kappa shape index (κ2) is 6.93. The van der Waals surface area contributed by atoms with Gasteiger partial charge in [-0.3, -0.25) is 0 Å². The molecule has 1 aromatic heterocycles. The number of aromatic nitrogens is 1. The number of nitrogens with zero attached hydrogens (tertiary/aromatic N) is 2. The van der Waals surface area contributed by atoms with Gasteiger partial charge in [-0.2, -0.15) is 5.26 Å². The standard InChI is InChI=1S/C18H25N3/c19-13-16-12-15-8-4-5-9-17(15)21-18(16)20-11-10-14-6-2-1-3-7-14/h12,14H,1-11H2,(H,20,21). The highest BCUT2D eigenvalue weighted by molar-refractivity contribution is 5.54.